The van der Waals surface area contributed by atoms with Crippen LogP contribution < -0.4 is 10.3 Å². The van der Waals surface area contributed by atoms with Crippen molar-refractivity contribution in [2.75, 3.05) is 11.6 Å². The predicted octanol–water partition coefficient (Wildman–Crippen LogP) is 2.69. The number of anilines is 1. The number of hydrogen-bond acceptors (Lipinski definition) is 6. The van der Waals surface area contributed by atoms with Crippen LogP contribution in [-0.4, -0.2) is 44.0 Å². The number of aromatic nitrogens is 3. The minimum Gasteiger partial charge on any atom is -0.476 e. The van der Waals surface area contributed by atoms with Crippen LogP contribution in [-0.2, 0) is 0 Å². The van der Waals surface area contributed by atoms with Gasteiger partial charge >= 0.3 is 5.97 Å². The maximum absolute atomic E-state index is 12.5. The van der Waals surface area contributed by atoms with Crippen molar-refractivity contribution in [3.05, 3.63) is 58.0 Å². The Bertz CT molecular complexity index is 1140. The highest BCUT2D eigenvalue weighted by atomic mass is 35.5. The number of halogens is 2. The number of aromatic carboxylic acids is 1. The van der Waals surface area contributed by atoms with Gasteiger partial charge in [0.1, 0.15) is 5.84 Å². The first kappa shape index (κ1) is 18.2. The van der Waals surface area contributed by atoms with Gasteiger partial charge in [-0.2, -0.15) is 10.2 Å². The van der Waals surface area contributed by atoms with E-state index in [-0.39, 0.29) is 11.3 Å². The van der Waals surface area contributed by atoms with E-state index >= 15 is 0 Å². The third-order valence-electron chi connectivity index (χ3n) is 4.06. The Hall–Kier alpha value is -3.17. The molecule has 0 spiro atoms. The van der Waals surface area contributed by atoms with E-state index in [0.717, 1.165) is 5.69 Å². The smallest absolute Gasteiger partial charge is 0.356 e. The monoisotopic (exact) mass is 418 g/mol. The zero-order valence-electron chi connectivity index (χ0n) is 14.1. The molecular formula is C17H12Cl2N6O3. The number of fused-ring (bicyclic) bond motifs is 1. The molecular weight excluding hydrogens is 407 g/mol. The van der Waals surface area contributed by atoms with E-state index in [2.05, 4.69) is 20.5 Å². The molecule has 1 aromatic carbocycles. The summed E-state index contributed by atoms with van der Waals surface area (Å²) in [5.74, 6) is -1.10. The lowest BCUT2D eigenvalue weighted by Gasteiger charge is -2.13. The van der Waals surface area contributed by atoms with Gasteiger partial charge < -0.3 is 10.4 Å². The van der Waals surface area contributed by atoms with Crippen molar-refractivity contribution in [2.45, 2.75) is 6.42 Å². The Balaban J connectivity index is 1.51. The molecule has 0 saturated carbocycles. The minimum atomic E-state index is -1.17. The van der Waals surface area contributed by atoms with E-state index in [1.54, 1.807) is 23.2 Å². The summed E-state index contributed by atoms with van der Waals surface area (Å²) in [7, 11) is 0. The molecule has 0 fully saturated rings. The molecule has 1 amide bonds. The zero-order chi connectivity index (χ0) is 19.8. The average Bonchev–Trinajstić information content (AvgIpc) is 3.30. The van der Waals surface area contributed by atoms with Crippen molar-refractivity contribution in [1.29, 1.82) is 0 Å². The minimum absolute atomic E-state index is 0.150. The van der Waals surface area contributed by atoms with Crippen LogP contribution in [0, 0.1) is 0 Å². The SMILES string of the molecule is O=C(NC1=NN(c2ccc(Cl)c(Cl)c2)CC1)c1cnc2cc(C(=O)O)nn2c1. The van der Waals surface area contributed by atoms with Crippen LogP contribution in [0.5, 0.6) is 0 Å². The molecule has 0 unspecified atom stereocenters. The molecule has 142 valence electrons. The van der Waals surface area contributed by atoms with Crippen LogP contribution in [0.2, 0.25) is 10.0 Å². The first-order valence-electron chi connectivity index (χ1n) is 8.11. The van der Waals surface area contributed by atoms with Crippen molar-refractivity contribution in [3.8, 4) is 0 Å². The summed E-state index contributed by atoms with van der Waals surface area (Å²) in [6.07, 6.45) is 3.30. The molecule has 0 atom stereocenters. The van der Waals surface area contributed by atoms with E-state index in [1.807, 2.05) is 0 Å². The van der Waals surface area contributed by atoms with Crippen LogP contribution in [0.25, 0.3) is 5.65 Å². The van der Waals surface area contributed by atoms with Gasteiger partial charge in [-0.05, 0) is 18.2 Å². The summed E-state index contributed by atoms with van der Waals surface area (Å²) < 4.78 is 1.25. The molecule has 11 heteroatoms. The van der Waals surface area contributed by atoms with Gasteiger partial charge in [-0.1, -0.05) is 23.2 Å². The Kier molecular flexibility index (Phi) is 4.62. The molecule has 0 aliphatic carbocycles. The van der Waals surface area contributed by atoms with E-state index in [1.165, 1.54) is 23.0 Å². The molecule has 4 rings (SSSR count). The van der Waals surface area contributed by atoms with Gasteiger partial charge in [-0.3, -0.25) is 9.80 Å². The standard InChI is InChI=1S/C17H12Cl2N6O3/c18-11-2-1-10(5-12(11)19)24-4-3-14(23-24)21-16(26)9-7-20-15-6-13(17(27)28)22-25(15)8-9/h1-2,5-8H,3-4H2,(H,27,28)(H,21,23,26). The predicted molar refractivity (Wildman–Crippen MR) is 103 cm³/mol. The van der Waals surface area contributed by atoms with Gasteiger partial charge in [0.25, 0.3) is 5.91 Å². The second-order valence-electron chi connectivity index (χ2n) is 5.95. The first-order chi connectivity index (χ1) is 13.4. The number of nitrogens with one attached hydrogen (secondary N) is 1. The van der Waals surface area contributed by atoms with Gasteiger partial charge in [0.2, 0.25) is 0 Å². The van der Waals surface area contributed by atoms with Crippen molar-refractivity contribution >= 4 is 52.2 Å². The summed E-state index contributed by atoms with van der Waals surface area (Å²) >= 11 is 12.0. The molecule has 2 aromatic heterocycles. The van der Waals surface area contributed by atoms with Gasteiger partial charge in [0, 0.05) is 31.4 Å². The lowest BCUT2D eigenvalue weighted by Crippen LogP contribution is -2.29. The summed E-state index contributed by atoms with van der Waals surface area (Å²) in [6.45, 7) is 0.575. The number of carbonyl (C=O) groups excluding carboxylic acids is 1. The van der Waals surface area contributed by atoms with Crippen LogP contribution in [0.3, 0.4) is 0 Å². The molecule has 9 nitrogen and oxygen atoms in total. The quantitative estimate of drug-likeness (QED) is 0.675. The number of amides is 1. The summed E-state index contributed by atoms with van der Waals surface area (Å²) in [5, 5.41) is 22.6. The second-order valence-corrected chi connectivity index (χ2v) is 6.77. The number of carboxylic acids is 1. The summed E-state index contributed by atoms with van der Waals surface area (Å²) in [6, 6.07) is 6.49. The van der Waals surface area contributed by atoms with Crippen molar-refractivity contribution < 1.29 is 14.7 Å². The number of carboxylic acid groups (broad SMARTS) is 1. The number of nitrogens with zero attached hydrogens (tertiary/aromatic N) is 5. The van der Waals surface area contributed by atoms with Gasteiger partial charge in [-0.25, -0.2) is 14.3 Å². The fraction of sp³-hybridized carbons (Fsp3) is 0.118. The molecule has 3 heterocycles. The molecule has 0 bridgehead atoms. The number of hydrazone groups is 1. The highest BCUT2D eigenvalue weighted by molar-refractivity contribution is 6.42. The largest absolute Gasteiger partial charge is 0.476 e. The van der Waals surface area contributed by atoms with Gasteiger partial charge in [0.05, 0.1) is 21.3 Å². The first-order valence-corrected chi connectivity index (χ1v) is 8.86. The second kappa shape index (κ2) is 7.10. The number of carbonyl (C=O) groups is 2. The topological polar surface area (TPSA) is 112 Å². The highest BCUT2D eigenvalue weighted by Gasteiger charge is 2.20. The van der Waals surface area contributed by atoms with Gasteiger partial charge in [-0.15, -0.1) is 0 Å². The van der Waals surface area contributed by atoms with Crippen LogP contribution in [0.1, 0.15) is 27.3 Å². The highest BCUT2D eigenvalue weighted by Crippen LogP contribution is 2.28. The third-order valence-corrected chi connectivity index (χ3v) is 4.79. The van der Waals surface area contributed by atoms with Crippen LogP contribution in [0.15, 0.2) is 41.8 Å². The Morgan fingerprint density at radius 1 is 1.18 bits per heavy atom. The number of rotatable bonds is 3. The Morgan fingerprint density at radius 2 is 2.00 bits per heavy atom. The summed E-state index contributed by atoms with van der Waals surface area (Å²) in [5.41, 5.74) is 1.17. The van der Waals surface area contributed by atoms with E-state index in [9.17, 15) is 9.59 Å². The van der Waals surface area contributed by atoms with Crippen molar-refractivity contribution in [1.82, 2.24) is 19.9 Å². The molecule has 28 heavy (non-hydrogen) atoms. The molecule has 0 saturated heterocycles. The molecule has 3 aromatic rings. The van der Waals surface area contributed by atoms with E-state index < -0.39 is 11.9 Å². The number of benzene rings is 1. The normalized spacial score (nSPS) is 13.6. The lowest BCUT2D eigenvalue weighted by atomic mass is 10.3. The van der Waals surface area contributed by atoms with E-state index in [4.69, 9.17) is 28.3 Å². The number of hydrogen-bond donors (Lipinski definition) is 2. The van der Waals surface area contributed by atoms with Gasteiger partial charge in [0.15, 0.2) is 11.3 Å². The molecule has 1 aliphatic rings. The Morgan fingerprint density at radius 3 is 2.75 bits per heavy atom. The molecule has 0 radical (unpaired) electrons. The fourth-order valence-electron chi connectivity index (χ4n) is 2.68. The summed E-state index contributed by atoms with van der Waals surface area (Å²) in [4.78, 5) is 27.5. The fourth-order valence-corrected chi connectivity index (χ4v) is 2.97. The third kappa shape index (κ3) is 3.49. The van der Waals surface area contributed by atoms with Crippen molar-refractivity contribution in [2.24, 2.45) is 5.10 Å². The zero-order valence-corrected chi connectivity index (χ0v) is 15.6. The van der Waals surface area contributed by atoms with Crippen LogP contribution in [0.4, 0.5) is 5.69 Å². The maximum Gasteiger partial charge on any atom is 0.356 e. The average molecular weight is 419 g/mol. The number of amidine groups is 1. The Labute approximate surface area is 168 Å². The lowest BCUT2D eigenvalue weighted by molar-refractivity contribution is 0.0690. The van der Waals surface area contributed by atoms with E-state index in [0.29, 0.717) is 34.5 Å². The van der Waals surface area contributed by atoms with Crippen LogP contribution >= 0.6 is 23.2 Å². The van der Waals surface area contributed by atoms with Crippen molar-refractivity contribution in [3.63, 3.8) is 0 Å². The molecule has 1 aliphatic heterocycles. The maximum atomic E-state index is 12.5. The molecule has 2 N–H and O–H groups in total.